The van der Waals surface area contributed by atoms with Crippen molar-refractivity contribution >= 4 is 32.9 Å². The van der Waals surface area contributed by atoms with Crippen molar-refractivity contribution in [1.82, 2.24) is 4.98 Å². The number of aromatic nitrogens is 1. The number of hydrogen-bond acceptors (Lipinski definition) is 4. The maximum Gasteiger partial charge on any atom is 0.282 e. The van der Waals surface area contributed by atoms with Crippen LogP contribution < -0.4 is 5.73 Å². The van der Waals surface area contributed by atoms with Gasteiger partial charge in [0.15, 0.2) is 0 Å². The first kappa shape index (κ1) is 10.5. The highest BCUT2D eigenvalue weighted by atomic mass is 79.9. The van der Waals surface area contributed by atoms with Crippen molar-refractivity contribution in [3.05, 3.63) is 40.5 Å². The van der Waals surface area contributed by atoms with Crippen molar-refractivity contribution in [3.8, 4) is 0 Å². The summed E-state index contributed by atoms with van der Waals surface area (Å²) in [5.74, 6) is 0. The van der Waals surface area contributed by atoms with Gasteiger partial charge >= 0.3 is 0 Å². The van der Waals surface area contributed by atoms with Crippen LogP contribution in [-0.4, -0.2) is 17.6 Å². The van der Waals surface area contributed by atoms with Crippen molar-refractivity contribution in [1.29, 1.82) is 0 Å². The zero-order chi connectivity index (χ0) is 11.8. The number of pyridine rings is 1. The van der Waals surface area contributed by atoms with Crippen LogP contribution in [0.25, 0.3) is 10.9 Å². The third kappa shape index (κ3) is 1.76. The van der Waals surface area contributed by atoms with Crippen molar-refractivity contribution < 1.29 is 4.74 Å². The molecular weight excluding hydrogens is 282 g/mol. The highest BCUT2D eigenvalue weighted by Gasteiger charge is 2.22. The van der Waals surface area contributed by atoms with E-state index in [2.05, 4.69) is 25.9 Å². The number of ether oxygens (including phenoxy) is 1. The van der Waals surface area contributed by atoms with E-state index in [0.29, 0.717) is 6.54 Å². The summed E-state index contributed by atoms with van der Waals surface area (Å²) >= 11 is 3.52. The summed E-state index contributed by atoms with van der Waals surface area (Å²) in [6, 6.07) is 8.18. The van der Waals surface area contributed by atoms with Crippen LogP contribution in [0.4, 0.5) is 0 Å². The zero-order valence-electron chi connectivity index (χ0n) is 8.93. The number of fused-ring (bicyclic) bond motifs is 1. The normalized spacial score (nSPS) is 19.1. The lowest BCUT2D eigenvalue weighted by molar-refractivity contribution is 0.227. The molecule has 0 radical (unpaired) electrons. The van der Waals surface area contributed by atoms with Gasteiger partial charge in [0, 0.05) is 21.6 Å². The molecule has 4 nitrogen and oxygen atoms in total. The molecule has 0 bridgehead atoms. The number of benzene rings is 1. The first-order valence-corrected chi connectivity index (χ1v) is 6.05. The van der Waals surface area contributed by atoms with E-state index in [4.69, 9.17) is 10.5 Å². The van der Waals surface area contributed by atoms with Gasteiger partial charge in [-0.1, -0.05) is 28.1 Å². The molecule has 5 heteroatoms. The Morgan fingerprint density at radius 2 is 2.24 bits per heavy atom. The third-order valence-electron chi connectivity index (χ3n) is 2.77. The summed E-state index contributed by atoms with van der Waals surface area (Å²) < 4.78 is 6.49. The van der Waals surface area contributed by atoms with E-state index in [1.807, 2.05) is 24.3 Å². The summed E-state index contributed by atoms with van der Waals surface area (Å²) in [7, 11) is 0. The first-order chi connectivity index (χ1) is 8.25. The maximum absolute atomic E-state index is 5.53. The molecule has 0 amide bonds. The maximum atomic E-state index is 5.53. The fourth-order valence-electron chi connectivity index (χ4n) is 1.97. The molecule has 1 aliphatic heterocycles. The standard InChI is InChI=1S/C12H10BrN3O/c13-9-4-3-8(10-6-16-12(14)17-10)11-7(9)2-1-5-15-11/h1-5,10H,6H2,(H2,14,16). The van der Waals surface area contributed by atoms with Crippen LogP contribution in [0, 0.1) is 0 Å². The molecule has 1 atom stereocenters. The minimum absolute atomic E-state index is 0.125. The van der Waals surface area contributed by atoms with Crippen molar-refractivity contribution in [2.75, 3.05) is 6.54 Å². The fourth-order valence-corrected chi connectivity index (χ4v) is 2.43. The lowest BCUT2D eigenvalue weighted by Crippen LogP contribution is -2.13. The van der Waals surface area contributed by atoms with E-state index in [-0.39, 0.29) is 12.1 Å². The Bertz CT molecular complexity index is 612. The van der Waals surface area contributed by atoms with Crippen molar-refractivity contribution in [3.63, 3.8) is 0 Å². The smallest absolute Gasteiger partial charge is 0.282 e. The first-order valence-electron chi connectivity index (χ1n) is 5.25. The van der Waals surface area contributed by atoms with Crippen LogP contribution >= 0.6 is 15.9 Å². The average Bonchev–Trinajstić information content (AvgIpc) is 2.77. The minimum atomic E-state index is -0.125. The Balaban J connectivity index is 2.15. The Morgan fingerprint density at radius 1 is 1.35 bits per heavy atom. The lowest BCUT2D eigenvalue weighted by Gasteiger charge is -2.13. The van der Waals surface area contributed by atoms with E-state index in [1.54, 1.807) is 6.20 Å². The largest absolute Gasteiger partial charge is 0.455 e. The summed E-state index contributed by atoms with van der Waals surface area (Å²) in [5.41, 5.74) is 7.48. The topological polar surface area (TPSA) is 60.5 Å². The number of aliphatic imine (C=N–C) groups is 1. The molecular formula is C12H10BrN3O. The molecule has 1 unspecified atom stereocenters. The summed E-state index contributed by atoms with van der Waals surface area (Å²) in [5, 5.41) is 1.07. The molecule has 1 aromatic heterocycles. The van der Waals surface area contributed by atoms with E-state index in [9.17, 15) is 0 Å². The molecule has 3 rings (SSSR count). The van der Waals surface area contributed by atoms with Gasteiger partial charge in [-0.15, -0.1) is 0 Å². The number of rotatable bonds is 1. The van der Waals surface area contributed by atoms with Gasteiger partial charge in [0.25, 0.3) is 6.02 Å². The van der Waals surface area contributed by atoms with Gasteiger partial charge in [0.1, 0.15) is 6.10 Å². The third-order valence-corrected chi connectivity index (χ3v) is 3.46. The Kier molecular flexibility index (Phi) is 2.48. The van der Waals surface area contributed by atoms with Crippen molar-refractivity contribution in [2.45, 2.75) is 6.10 Å². The average molecular weight is 292 g/mol. The van der Waals surface area contributed by atoms with E-state index in [1.165, 1.54) is 0 Å². The Morgan fingerprint density at radius 3 is 3.00 bits per heavy atom. The number of nitrogens with two attached hydrogens (primary N) is 1. The molecule has 0 fully saturated rings. The number of halogens is 1. The van der Waals surface area contributed by atoms with Crippen LogP contribution in [0.15, 0.2) is 39.9 Å². The molecule has 1 aromatic carbocycles. The van der Waals surface area contributed by atoms with Crippen LogP contribution in [0.3, 0.4) is 0 Å². The van der Waals surface area contributed by atoms with Gasteiger partial charge in [-0.25, -0.2) is 4.99 Å². The molecule has 0 saturated carbocycles. The monoisotopic (exact) mass is 291 g/mol. The Labute approximate surface area is 107 Å². The molecule has 1 aliphatic rings. The fraction of sp³-hybridized carbons (Fsp3) is 0.167. The van der Waals surface area contributed by atoms with Gasteiger partial charge in [-0.05, 0) is 12.1 Å². The van der Waals surface area contributed by atoms with E-state index >= 15 is 0 Å². The second-order valence-electron chi connectivity index (χ2n) is 3.82. The van der Waals surface area contributed by atoms with E-state index < -0.39 is 0 Å². The molecule has 0 aliphatic carbocycles. The SMILES string of the molecule is NC1=NCC(c2ccc(Br)c3cccnc23)O1. The minimum Gasteiger partial charge on any atom is -0.455 e. The lowest BCUT2D eigenvalue weighted by atomic mass is 10.1. The molecule has 2 N–H and O–H groups in total. The molecule has 2 heterocycles. The quantitative estimate of drug-likeness (QED) is 0.878. The van der Waals surface area contributed by atoms with Gasteiger partial charge in [-0.2, -0.15) is 0 Å². The van der Waals surface area contributed by atoms with Crippen LogP contribution in [0.5, 0.6) is 0 Å². The van der Waals surface area contributed by atoms with Gasteiger partial charge in [0.2, 0.25) is 0 Å². The predicted molar refractivity (Wildman–Crippen MR) is 69.8 cm³/mol. The predicted octanol–water partition coefficient (Wildman–Crippen LogP) is 2.38. The highest BCUT2D eigenvalue weighted by molar-refractivity contribution is 9.10. The van der Waals surface area contributed by atoms with Crippen LogP contribution in [-0.2, 0) is 4.74 Å². The van der Waals surface area contributed by atoms with Crippen LogP contribution in [0.2, 0.25) is 0 Å². The van der Waals surface area contributed by atoms with Crippen molar-refractivity contribution in [2.24, 2.45) is 10.7 Å². The van der Waals surface area contributed by atoms with Gasteiger partial charge in [-0.3, -0.25) is 4.98 Å². The summed E-state index contributed by atoms with van der Waals surface area (Å²) in [6.07, 6.45) is 1.65. The molecule has 0 saturated heterocycles. The highest BCUT2D eigenvalue weighted by Crippen LogP contribution is 2.31. The Hall–Kier alpha value is -1.62. The number of amidine groups is 1. The molecule has 2 aromatic rings. The zero-order valence-corrected chi connectivity index (χ0v) is 10.5. The van der Waals surface area contributed by atoms with Gasteiger partial charge < -0.3 is 10.5 Å². The molecule has 17 heavy (non-hydrogen) atoms. The van der Waals surface area contributed by atoms with Crippen LogP contribution in [0.1, 0.15) is 11.7 Å². The second kappa shape index (κ2) is 4.00. The number of hydrogen-bond donors (Lipinski definition) is 1. The summed E-state index contributed by atoms with van der Waals surface area (Å²) in [4.78, 5) is 8.47. The van der Waals surface area contributed by atoms with Gasteiger partial charge in [0.05, 0.1) is 12.1 Å². The van der Waals surface area contributed by atoms with E-state index in [0.717, 1.165) is 20.9 Å². The molecule has 86 valence electrons. The molecule has 0 spiro atoms. The number of nitrogens with zero attached hydrogens (tertiary/aromatic N) is 2. The summed E-state index contributed by atoms with van der Waals surface area (Å²) in [6.45, 7) is 0.555. The second-order valence-corrected chi connectivity index (χ2v) is 4.68.